The summed E-state index contributed by atoms with van der Waals surface area (Å²) in [7, 11) is 0. The highest BCUT2D eigenvalue weighted by atomic mass is 16.2. The SMILES string of the molecule is N#Cc1cccc(C(=O)N2CCN(C(=O)c3ccc4nc[nH]c4c3)CC2)c1. The van der Waals surface area contributed by atoms with E-state index >= 15 is 0 Å². The molecule has 3 aromatic rings. The molecule has 2 amide bonds. The molecule has 0 saturated carbocycles. The van der Waals surface area contributed by atoms with Crippen LogP contribution in [0.2, 0.25) is 0 Å². The van der Waals surface area contributed by atoms with E-state index in [9.17, 15) is 9.59 Å². The zero-order valence-electron chi connectivity index (χ0n) is 14.6. The van der Waals surface area contributed by atoms with Gasteiger partial charge in [-0.25, -0.2) is 4.98 Å². The maximum absolute atomic E-state index is 12.7. The fourth-order valence-corrected chi connectivity index (χ4v) is 3.27. The molecule has 2 heterocycles. The smallest absolute Gasteiger partial charge is 0.254 e. The van der Waals surface area contributed by atoms with Crippen LogP contribution in [0.1, 0.15) is 26.3 Å². The lowest BCUT2D eigenvalue weighted by molar-refractivity contribution is 0.0535. The number of imidazole rings is 1. The standard InChI is InChI=1S/C20H17N5O2/c21-12-14-2-1-3-15(10-14)19(26)24-6-8-25(9-7-24)20(27)16-4-5-17-18(11-16)23-13-22-17/h1-5,10-11,13H,6-9H2,(H,22,23). The normalized spacial score (nSPS) is 14.2. The van der Waals surface area contributed by atoms with Gasteiger partial charge < -0.3 is 14.8 Å². The Morgan fingerprint density at radius 2 is 1.63 bits per heavy atom. The number of amides is 2. The van der Waals surface area contributed by atoms with Gasteiger partial charge in [-0.3, -0.25) is 9.59 Å². The molecule has 0 unspecified atom stereocenters. The van der Waals surface area contributed by atoms with Gasteiger partial charge >= 0.3 is 0 Å². The van der Waals surface area contributed by atoms with E-state index in [0.717, 1.165) is 11.0 Å². The first-order valence-electron chi connectivity index (χ1n) is 8.67. The molecular formula is C20H17N5O2. The van der Waals surface area contributed by atoms with Crippen molar-refractivity contribution >= 4 is 22.8 Å². The van der Waals surface area contributed by atoms with Crippen molar-refractivity contribution in [3.63, 3.8) is 0 Å². The van der Waals surface area contributed by atoms with Crippen LogP contribution >= 0.6 is 0 Å². The Bertz CT molecular complexity index is 1060. The molecule has 2 aromatic carbocycles. The molecule has 0 bridgehead atoms. The van der Waals surface area contributed by atoms with E-state index in [0.29, 0.717) is 42.9 Å². The second-order valence-corrected chi connectivity index (χ2v) is 6.41. The molecule has 0 aliphatic carbocycles. The van der Waals surface area contributed by atoms with Crippen LogP contribution in [0, 0.1) is 11.3 Å². The van der Waals surface area contributed by atoms with E-state index in [4.69, 9.17) is 5.26 Å². The highest BCUT2D eigenvalue weighted by Crippen LogP contribution is 2.16. The topological polar surface area (TPSA) is 93.1 Å². The van der Waals surface area contributed by atoms with Crippen molar-refractivity contribution in [2.75, 3.05) is 26.2 Å². The second kappa shape index (κ2) is 6.92. The molecule has 1 aliphatic rings. The number of aromatic nitrogens is 2. The number of benzene rings is 2. The zero-order valence-corrected chi connectivity index (χ0v) is 14.6. The lowest BCUT2D eigenvalue weighted by Gasteiger charge is -2.35. The summed E-state index contributed by atoms with van der Waals surface area (Å²) in [6, 6.07) is 14.1. The first kappa shape index (κ1) is 16.8. The number of nitriles is 1. The number of nitrogens with one attached hydrogen (secondary N) is 1. The Morgan fingerprint density at radius 1 is 0.963 bits per heavy atom. The van der Waals surface area contributed by atoms with Gasteiger partial charge in [-0.1, -0.05) is 6.07 Å². The van der Waals surface area contributed by atoms with Gasteiger partial charge in [0.2, 0.25) is 0 Å². The van der Waals surface area contributed by atoms with Gasteiger partial charge in [0.05, 0.1) is 29.0 Å². The number of carbonyl (C=O) groups is 2. The summed E-state index contributed by atoms with van der Waals surface area (Å²) in [5.74, 6) is -0.164. The van der Waals surface area contributed by atoms with E-state index < -0.39 is 0 Å². The molecule has 27 heavy (non-hydrogen) atoms. The van der Waals surface area contributed by atoms with Crippen molar-refractivity contribution in [2.45, 2.75) is 0 Å². The molecule has 1 aliphatic heterocycles. The van der Waals surface area contributed by atoms with Crippen molar-refractivity contribution in [2.24, 2.45) is 0 Å². The maximum Gasteiger partial charge on any atom is 0.254 e. The van der Waals surface area contributed by atoms with Crippen molar-refractivity contribution in [1.82, 2.24) is 19.8 Å². The van der Waals surface area contributed by atoms with Crippen molar-refractivity contribution in [3.05, 3.63) is 65.5 Å². The van der Waals surface area contributed by atoms with Crippen molar-refractivity contribution in [3.8, 4) is 6.07 Å². The third-order valence-electron chi connectivity index (χ3n) is 4.76. The Balaban J connectivity index is 1.42. The maximum atomic E-state index is 12.7. The van der Waals surface area contributed by atoms with Gasteiger partial charge in [0, 0.05) is 37.3 Å². The molecule has 1 saturated heterocycles. The molecular weight excluding hydrogens is 342 g/mol. The summed E-state index contributed by atoms with van der Waals surface area (Å²) in [6.07, 6.45) is 1.60. The van der Waals surface area contributed by atoms with Gasteiger partial charge in [0.1, 0.15) is 0 Å². The number of H-pyrrole nitrogens is 1. The molecule has 134 valence electrons. The van der Waals surface area contributed by atoms with Crippen LogP contribution in [0.3, 0.4) is 0 Å². The molecule has 1 fully saturated rings. The number of nitrogens with zero attached hydrogens (tertiary/aromatic N) is 4. The quantitative estimate of drug-likeness (QED) is 0.758. The Morgan fingerprint density at radius 3 is 2.30 bits per heavy atom. The van der Waals surface area contributed by atoms with Gasteiger partial charge in [-0.15, -0.1) is 0 Å². The summed E-state index contributed by atoms with van der Waals surface area (Å²) in [4.78, 5) is 36.0. The van der Waals surface area contributed by atoms with Crippen LogP contribution < -0.4 is 0 Å². The van der Waals surface area contributed by atoms with E-state index in [1.807, 2.05) is 12.1 Å². The molecule has 7 nitrogen and oxygen atoms in total. The summed E-state index contributed by atoms with van der Waals surface area (Å²) in [5, 5.41) is 8.99. The van der Waals surface area contributed by atoms with E-state index in [2.05, 4.69) is 9.97 Å². The number of piperazine rings is 1. The molecule has 0 atom stereocenters. The second-order valence-electron chi connectivity index (χ2n) is 6.41. The van der Waals surface area contributed by atoms with Gasteiger partial charge in [0.15, 0.2) is 0 Å². The van der Waals surface area contributed by atoms with E-state index in [1.54, 1.807) is 52.5 Å². The van der Waals surface area contributed by atoms with Gasteiger partial charge in [-0.05, 0) is 36.4 Å². The Labute approximate surface area is 155 Å². The number of hydrogen-bond acceptors (Lipinski definition) is 4. The van der Waals surface area contributed by atoms with Crippen LogP contribution in [0.25, 0.3) is 11.0 Å². The third kappa shape index (κ3) is 3.25. The highest BCUT2D eigenvalue weighted by molar-refractivity contribution is 5.98. The largest absolute Gasteiger partial charge is 0.345 e. The van der Waals surface area contributed by atoms with Crippen molar-refractivity contribution < 1.29 is 9.59 Å². The predicted octanol–water partition coefficient (Wildman–Crippen LogP) is 2.03. The lowest BCUT2D eigenvalue weighted by Crippen LogP contribution is -2.50. The highest BCUT2D eigenvalue weighted by Gasteiger charge is 2.25. The van der Waals surface area contributed by atoms with Gasteiger partial charge in [-0.2, -0.15) is 5.26 Å². The number of carbonyl (C=O) groups excluding carboxylic acids is 2. The summed E-state index contributed by atoms with van der Waals surface area (Å²) < 4.78 is 0. The van der Waals surface area contributed by atoms with Crippen LogP contribution in [-0.2, 0) is 0 Å². The van der Waals surface area contributed by atoms with Crippen molar-refractivity contribution in [1.29, 1.82) is 5.26 Å². The number of hydrogen-bond donors (Lipinski definition) is 1. The fraction of sp³-hybridized carbons (Fsp3) is 0.200. The average Bonchev–Trinajstić information content (AvgIpc) is 3.20. The zero-order chi connectivity index (χ0) is 18.8. The van der Waals surface area contributed by atoms with Crippen LogP contribution in [-0.4, -0.2) is 57.8 Å². The number of fused-ring (bicyclic) bond motifs is 1. The van der Waals surface area contributed by atoms with Crippen LogP contribution in [0.15, 0.2) is 48.8 Å². The van der Waals surface area contributed by atoms with Crippen LogP contribution in [0.5, 0.6) is 0 Å². The van der Waals surface area contributed by atoms with Crippen LogP contribution in [0.4, 0.5) is 0 Å². The fourth-order valence-electron chi connectivity index (χ4n) is 3.27. The predicted molar refractivity (Wildman–Crippen MR) is 99.1 cm³/mol. The minimum atomic E-state index is -0.113. The minimum absolute atomic E-state index is 0.0509. The number of aromatic amines is 1. The first-order valence-corrected chi connectivity index (χ1v) is 8.67. The minimum Gasteiger partial charge on any atom is -0.345 e. The first-order chi connectivity index (χ1) is 13.2. The van der Waals surface area contributed by atoms with Gasteiger partial charge in [0.25, 0.3) is 11.8 Å². The number of rotatable bonds is 2. The Kier molecular flexibility index (Phi) is 4.30. The molecule has 7 heteroatoms. The van der Waals surface area contributed by atoms with E-state index in [-0.39, 0.29) is 11.8 Å². The monoisotopic (exact) mass is 359 g/mol. The van der Waals surface area contributed by atoms with E-state index in [1.165, 1.54) is 0 Å². The summed E-state index contributed by atoms with van der Waals surface area (Å²) in [5.41, 5.74) is 3.21. The summed E-state index contributed by atoms with van der Waals surface area (Å²) >= 11 is 0. The Hall–Kier alpha value is -3.66. The summed E-state index contributed by atoms with van der Waals surface area (Å²) in [6.45, 7) is 1.88. The molecule has 1 N–H and O–H groups in total. The molecule has 0 spiro atoms. The third-order valence-corrected chi connectivity index (χ3v) is 4.76. The lowest BCUT2D eigenvalue weighted by atomic mass is 10.1. The molecule has 4 rings (SSSR count). The average molecular weight is 359 g/mol. The molecule has 0 radical (unpaired) electrons. The molecule has 1 aromatic heterocycles.